The molecule has 1 aromatic carbocycles. The molecule has 4 heteroatoms. The average molecular weight is 314 g/mol. The standard InChI is InChI=1S/C18H22N2OS/c1-2-5-14-8-10-15(11-9-14)19-18(21)20-12-3-6-16(20)17-7-4-13-22-17/h4,7-11,13,16H,2-3,5-6,12H2,1H3,(H,19,21). The fraction of sp³-hybridized carbons (Fsp3) is 0.389. The maximum absolute atomic E-state index is 12.6. The minimum atomic E-state index is 0.0131. The summed E-state index contributed by atoms with van der Waals surface area (Å²) in [4.78, 5) is 15.8. The molecular formula is C18H22N2OS. The summed E-state index contributed by atoms with van der Waals surface area (Å²) in [5, 5.41) is 5.12. The van der Waals surface area contributed by atoms with Gasteiger partial charge >= 0.3 is 6.03 Å². The molecule has 1 atom stereocenters. The summed E-state index contributed by atoms with van der Waals surface area (Å²) in [6, 6.07) is 12.6. The zero-order valence-corrected chi connectivity index (χ0v) is 13.7. The summed E-state index contributed by atoms with van der Waals surface area (Å²) in [6.07, 6.45) is 4.36. The van der Waals surface area contributed by atoms with Gasteiger partial charge in [-0.1, -0.05) is 31.5 Å². The first-order valence-corrected chi connectivity index (χ1v) is 8.86. The molecule has 1 aliphatic rings. The maximum Gasteiger partial charge on any atom is 0.322 e. The van der Waals surface area contributed by atoms with E-state index in [0.29, 0.717) is 0 Å². The van der Waals surface area contributed by atoms with Crippen LogP contribution in [0.2, 0.25) is 0 Å². The second-order valence-corrected chi connectivity index (χ2v) is 6.72. The highest BCUT2D eigenvalue weighted by Crippen LogP contribution is 2.34. The van der Waals surface area contributed by atoms with E-state index in [0.717, 1.165) is 37.9 Å². The molecule has 1 fully saturated rings. The first-order valence-electron chi connectivity index (χ1n) is 7.98. The number of nitrogens with one attached hydrogen (secondary N) is 1. The Morgan fingerprint density at radius 2 is 2.14 bits per heavy atom. The quantitative estimate of drug-likeness (QED) is 0.839. The van der Waals surface area contributed by atoms with Crippen molar-refractivity contribution in [2.45, 2.75) is 38.6 Å². The average Bonchev–Trinajstić information content (AvgIpc) is 3.20. The van der Waals surface area contributed by atoms with Gasteiger partial charge in [0.25, 0.3) is 0 Å². The van der Waals surface area contributed by atoms with Crippen LogP contribution in [0.5, 0.6) is 0 Å². The molecule has 1 saturated heterocycles. The van der Waals surface area contributed by atoms with Crippen LogP contribution in [0.15, 0.2) is 41.8 Å². The van der Waals surface area contributed by atoms with Crippen LogP contribution >= 0.6 is 11.3 Å². The van der Waals surface area contributed by atoms with Crippen molar-refractivity contribution in [2.75, 3.05) is 11.9 Å². The van der Waals surface area contributed by atoms with Crippen LogP contribution in [-0.2, 0) is 6.42 Å². The van der Waals surface area contributed by atoms with E-state index in [1.54, 1.807) is 11.3 Å². The Hall–Kier alpha value is -1.81. The number of hydrogen-bond acceptors (Lipinski definition) is 2. The third-order valence-electron chi connectivity index (χ3n) is 4.13. The summed E-state index contributed by atoms with van der Waals surface area (Å²) in [7, 11) is 0. The summed E-state index contributed by atoms with van der Waals surface area (Å²) in [5.41, 5.74) is 2.19. The van der Waals surface area contributed by atoms with Crippen LogP contribution in [0.4, 0.5) is 10.5 Å². The molecule has 2 amide bonds. The van der Waals surface area contributed by atoms with E-state index in [-0.39, 0.29) is 12.1 Å². The number of anilines is 1. The van der Waals surface area contributed by atoms with Gasteiger partial charge in [-0.2, -0.15) is 0 Å². The fourth-order valence-electron chi connectivity index (χ4n) is 3.03. The minimum absolute atomic E-state index is 0.0131. The zero-order chi connectivity index (χ0) is 15.4. The lowest BCUT2D eigenvalue weighted by atomic mass is 10.1. The molecule has 0 spiro atoms. The molecule has 1 N–H and O–H groups in total. The summed E-state index contributed by atoms with van der Waals surface area (Å²) in [5.74, 6) is 0. The topological polar surface area (TPSA) is 32.3 Å². The number of rotatable bonds is 4. The molecule has 2 heterocycles. The lowest BCUT2D eigenvalue weighted by molar-refractivity contribution is 0.208. The van der Waals surface area contributed by atoms with Gasteiger partial charge in [0, 0.05) is 17.1 Å². The van der Waals surface area contributed by atoms with Gasteiger partial charge in [-0.3, -0.25) is 0 Å². The molecule has 116 valence electrons. The van der Waals surface area contributed by atoms with E-state index in [2.05, 4.69) is 41.9 Å². The number of nitrogens with zero attached hydrogens (tertiary/aromatic N) is 1. The zero-order valence-electron chi connectivity index (χ0n) is 12.9. The Morgan fingerprint density at radius 1 is 1.32 bits per heavy atom. The molecule has 0 bridgehead atoms. The van der Waals surface area contributed by atoms with Crippen LogP contribution in [0.25, 0.3) is 0 Å². The van der Waals surface area contributed by atoms with Crippen molar-refractivity contribution >= 4 is 23.1 Å². The van der Waals surface area contributed by atoms with Gasteiger partial charge in [-0.05, 0) is 48.4 Å². The molecule has 3 nitrogen and oxygen atoms in total. The lowest BCUT2D eigenvalue weighted by Gasteiger charge is -2.24. The number of thiophene rings is 1. The minimum Gasteiger partial charge on any atom is -0.317 e. The van der Waals surface area contributed by atoms with Crippen LogP contribution in [0.3, 0.4) is 0 Å². The van der Waals surface area contributed by atoms with Crippen molar-refractivity contribution in [3.8, 4) is 0 Å². The number of benzene rings is 1. The Balaban J connectivity index is 1.66. The van der Waals surface area contributed by atoms with E-state index in [9.17, 15) is 4.79 Å². The predicted molar refractivity (Wildman–Crippen MR) is 92.5 cm³/mol. The fourth-order valence-corrected chi connectivity index (χ4v) is 3.90. The number of carbonyl (C=O) groups is 1. The number of hydrogen-bond donors (Lipinski definition) is 1. The third kappa shape index (κ3) is 3.33. The van der Waals surface area contributed by atoms with Crippen molar-refractivity contribution < 1.29 is 4.79 Å². The van der Waals surface area contributed by atoms with Gasteiger partial charge in [0.05, 0.1) is 6.04 Å². The van der Waals surface area contributed by atoms with Crippen LogP contribution < -0.4 is 5.32 Å². The van der Waals surface area contributed by atoms with Crippen molar-refractivity contribution in [2.24, 2.45) is 0 Å². The van der Waals surface area contributed by atoms with Crippen LogP contribution in [0.1, 0.15) is 42.7 Å². The van der Waals surface area contributed by atoms with Crippen LogP contribution in [-0.4, -0.2) is 17.5 Å². The van der Waals surface area contributed by atoms with Crippen molar-refractivity contribution in [1.29, 1.82) is 0 Å². The predicted octanol–water partition coefficient (Wildman–Crippen LogP) is 5.07. The van der Waals surface area contributed by atoms with E-state index in [1.165, 1.54) is 10.4 Å². The molecule has 0 saturated carbocycles. The number of likely N-dealkylation sites (tertiary alicyclic amines) is 1. The second-order valence-electron chi connectivity index (χ2n) is 5.74. The number of amides is 2. The van der Waals surface area contributed by atoms with E-state index in [1.807, 2.05) is 17.0 Å². The van der Waals surface area contributed by atoms with Crippen LogP contribution in [0, 0.1) is 0 Å². The molecule has 0 aliphatic carbocycles. The molecule has 3 rings (SSSR count). The lowest BCUT2D eigenvalue weighted by Crippen LogP contribution is -2.34. The molecule has 1 unspecified atom stereocenters. The van der Waals surface area contributed by atoms with Gasteiger partial charge in [-0.25, -0.2) is 4.79 Å². The third-order valence-corrected chi connectivity index (χ3v) is 5.10. The van der Waals surface area contributed by atoms with Crippen molar-refractivity contribution in [3.05, 3.63) is 52.2 Å². The van der Waals surface area contributed by atoms with Crippen molar-refractivity contribution in [1.82, 2.24) is 4.90 Å². The van der Waals surface area contributed by atoms with Gasteiger partial charge in [0.15, 0.2) is 0 Å². The maximum atomic E-state index is 12.6. The molecule has 1 aromatic heterocycles. The monoisotopic (exact) mass is 314 g/mol. The first-order chi connectivity index (χ1) is 10.8. The summed E-state index contributed by atoms with van der Waals surface area (Å²) < 4.78 is 0. The van der Waals surface area contributed by atoms with Gasteiger partial charge < -0.3 is 10.2 Å². The second kappa shape index (κ2) is 6.97. The Labute approximate surface area is 136 Å². The highest BCUT2D eigenvalue weighted by Gasteiger charge is 2.30. The highest BCUT2D eigenvalue weighted by atomic mass is 32.1. The molecule has 2 aromatic rings. The van der Waals surface area contributed by atoms with Gasteiger partial charge in [0.2, 0.25) is 0 Å². The summed E-state index contributed by atoms with van der Waals surface area (Å²) in [6.45, 7) is 3.01. The van der Waals surface area contributed by atoms with E-state index >= 15 is 0 Å². The molecule has 1 aliphatic heterocycles. The van der Waals surface area contributed by atoms with E-state index < -0.39 is 0 Å². The van der Waals surface area contributed by atoms with Gasteiger partial charge in [0.1, 0.15) is 0 Å². The number of aryl methyl sites for hydroxylation is 1. The van der Waals surface area contributed by atoms with E-state index in [4.69, 9.17) is 0 Å². The molecule has 22 heavy (non-hydrogen) atoms. The SMILES string of the molecule is CCCc1ccc(NC(=O)N2CCCC2c2cccs2)cc1. The van der Waals surface area contributed by atoms with Gasteiger partial charge in [-0.15, -0.1) is 11.3 Å². The molecular weight excluding hydrogens is 292 g/mol. The first kappa shape index (κ1) is 15.1. The number of urea groups is 1. The normalized spacial score (nSPS) is 17.7. The largest absolute Gasteiger partial charge is 0.322 e. The Morgan fingerprint density at radius 3 is 2.82 bits per heavy atom. The number of carbonyl (C=O) groups excluding carboxylic acids is 1. The highest BCUT2D eigenvalue weighted by molar-refractivity contribution is 7.10. The summed E-state index contributed by atoms with van der Waals surface area (Å²) >= 11 is 1.73. The molecule has 0 radical (unpaired) electrons. The Bertz CT molecular complexity index is 607. The smallest absolute Gasteiger partial charge is 0.317 e. The Kier molecular flexibility index (Phi) is 4.78. The van der Waals surface area contributed by atoms with Crippen molar-refractivity contribution in [3.63, 3.8) is 0 Å².